The van der Waals surface area contributed by atoms with Crippen LogP contribution in [0.3, 0.4) is 0 Å². The molecule has 3 amide bonds. The Kier molecular flexibility index (Phi) is 9.32. The van der Waals surface area contributed by atoms with Crippen molar-refractivity contribution in [2.45, 2.75) is 18.7 Å². The van der Waals surface area contributed by atoms with Gasteiger partial charge in [-0.25, -0.2) is 0 Å². The van der Waals surface area contributed by atoms with E-state index in [2.05, 4.69) is 16.0 Å². The van der Waals surface area contributed by atoms with Crippen LogP contribution in [0.2, 0.25) is 0 Å². The van der Waals surface area contributed by atoms with Crippen LogP contribution in [-0.4, -0.2) is 23.5 Å². The number of aryl methyl sites for hydroxylation is 2. The number of carbonyl (C=O) groups excluding carboxylic acids is 3. The summed E-state index contributed by atoms with van der Waals surface area (Å²) >= 11 is 1.41. The molecule has 0 heterocycles. The first-order valence-corrected chi connectivity index (χ1v) is 13.4. The molecule has 0 saturated heterocycles. The zero-order valence-electron chi connectivity index (χ0n) is 21.7. The Morgan fingerprint density at radius 1 is 0.769 bits per heavy atom. The van der Waals surface area contributed by atoms with Gasteiger partial charge in [0.15, 0.2) is 0 Å². The fraction of sp³-hybridized carbons (Fsp3) is 0.0938. The van der Waals surface area contributed by atoms with Gasteiger partial charge in [0.25, 0.3) is 11.8 Å². The van der Waals surface area contributed by atoms with E-state index in [0.717, 1.165) is 27.3 Å². The van der Waals surface area contributed by atoms with E-state index in [9.17, 15) is 14.4 Å². The molecule has 7 heteroatoms. The molecule has 0 aromatic heterocycles. The summed E-state index contributed by atoms with van der Waals surface area (Å²) in [6.07, 6.45) is 1.63. The second-order valence-corrected chi connectivity index (χ2v) is 9.97. The molecule has 0 unspecified atom stereocenters. The van der Waals surface area contributed by atoms with Gasteiger partial charge in [-0.3, -0.25) is 14.4 Å². The van der Waals surface area contributed by atoms with Crippen molar-refractivity contribution in [1.29, 1.82) is 0 Å². The van der Waals surface area contributed by atoms with Crippen molar-refractivity contribution < 1.29 is 14.4 Å². The molecule has 0 aliphatic rings. The lowest BCUT2D eigenvalue weighted by Gasteiger charge is -2.12. The summed E-state index contributed by atoms with van der Waals surface area (Å²) < 4.78 is 0. The molecule has 4 aromatic rings. The fourth-order valence-electron chi connectivity index (χ4n) is 3.70. The molecule has 196 valence electrons. The van der Waals surface area contributed by atoms with E-state index < -0.39 is 5.91 Å². The van der Waals surface area contributed by atoms with Crippen LogP contribution in [0.25, 0.3) is 6.08 Å². The monoisotopic (exact) mass is 535 g/mol. The van der Waals surface area contributed by atoms with E-state index in [4.69, 9.17) is 0 Å². The number of carbonyl (C=O) groups is 3. The van der Waals surface area contributed by atoms with E-state index in [-0.39, 0.29) is 23.3 Å². The van der Waals surface area contributed by atoms with E-state index in [1.54, 1.807) is 42.5 Å². The third-order valence-electron chi connectivity index (χ3n) is 5.79. The van der Waals surface area contributed by atoms with Crippen LogP contribution in [0.5, 0.6) is 0 Å². The standard InChI is InChI=1S/C32H29N3O3S/c1-22-13-14-23(2)28(19-22)34-30(36)21-39-27-17-15-26(16-18-27)33-32(38)29(20-24-9-5-3-6-10-24)35-31(37)25-11-7-4-8-12-25/h3-20H,21H2,1-2H3,(H,33,38)(H,34,36)(H,35,37)/b29-20-. The minimum atomic E-state index is -0.448. The molecule has 4 rings (SSSR count). The zero-order chi connectivity index (χ0) is 27.6. The minimum Gasteiger partial charge on any atom is -0.325 e. The van der Waals surface area contributed by atoms with E-state index in [1.165, 1.54) is 11.8 Å². The molecule has 0 radical (unpaired) electrons. The van der Waals surface area contributed by atoms with Gasteiger partial charge in [0.05, 0.1) is 5.75 Å². The highest BCUT2D eigenvalue weighted by atomic mass is 32.2. The molecule has 39 heavy (non-hydrogen) atoms. The third-order valence-corrected chi connectivity index (χ3v) is 6.80. The normalized spacial score (nSPS) is 11.0. The molecule has 0 atom stereocenters. The van der Waals surface area contributed by atoms with Crippen molar-refractivity contribution in [2.24, 2.45) is 0 Å². The molecule has 0 spiro atoms. The summed E-state index contributed by atoms with van der Waals surface area (Å²) in [5.41, 5.74) is 4.84. The number of amides is 3. The lowest BCUT2D eigenvalue weighted by molar-refractivity contribution is -0.114. The second-order valence-electron chi connectivity index (χ2n) is 8.92. The van der Waals surface area contributed by atoms with Gasteiger partial charge in [0, 0.05) is 21.8 Å². The lowest BCUT2D eigenvalue weighted by atomic mass is 10.1. The predicted molar refractivity (Wildman–Crippen MR) is 159 cm³/mol. The van der Waals surface area contributed by atoms with E-state index >= 15 is 0 Å². The van der Waals surface area contributed by atoms with E-state index in [1.807, 2.05) is 80.6 Å². The molecule has 0 saturated carbocycles. The van der Waals surface area contributed by atoms with Crippen LogP contribution >= 0.6 is 11.8 Å². The Hall–Kier alpha value is -4.62. The maximum absolute atomic E-state index is 13.2. The molecule has 6 nitrogen and oxygen atoms in total. The minimum absolute atomic E-state index is 0.0871. The van der Waals surface area contributed by atoms with Gasteiger partial charge < -0.3 is 16.0 Å². The molecule has 0 aliphatic heterocycles. The smallest absolute Gasteiger partial charge is 0.272 e. The topological polar surface area (TPSA) is 87.3 Å². The van der Waals surface area contributed by atoms with Crippen molar-refractivity contribution in [3.63, 3.8) is 0 Å². The van der Waals surface area contributed by atoms with Crippen molar-refractivity contribution in [3.8, 4) is 0 Å². The number of anilines is 2. The zero-order valence-corrected chi connectivity index (χ0v) is 22.5. The maximum atomic E-state index is 13.2. The first-order chi connectivity index (χ1) is 18.9. The SMILES string of the molecule is Cc1ccc(C)c(NC(=O)CSc2ccc(NC(=O)/C(=C/c3ccccc3)NC(=O)c3ccccc3)cc2)c1. The lowest BCUT2D eigenvalue weighted by Crippen LogP contribution is -2.30. The van der Waals surface area contributed by atoms with Gasteiger partial charge in [-0.05, 0) is 79.1 Å². The third kappa shape index (κ3) is 8.18. The fourth-order valence-corrected chi connectivity index (χ4v) is 4.40. The predicted octanol–water partition coefficient (Wildman–Crippen LogP) is 6.44. The molecule has 0 bridgehead atoms. The van der Waals surface area contributed by atoms with Crippen LogP contribution in [0, 0.1) is 13.8 Å². The Labute approximate surface area is 232 Å². The quantitative estimate of drug-likeness (QED) is 0.170. The molecular formula is C32H29N3O3S. The maximum Gasteiger partial charge on any atom is 0.272 e. The van der Waals surface area contributed by atoms with Gasteiger partial charge >= 0.3 is 0 Å². The summed E-state index contributed by atoms with van der Waals surface area (Å²) in [4.78, 5) is 39.3. The van der Waals surface area contributed by atoms with Crippen LogP contribution in [-0.2, 0) is 9.59 Å². The summed E-state index contributed by atoms with van der Waals surface area (Å²) in [6.45, 7) is 3.95. The molecular weight excluding hydrogens is 506 g/mol. The Bertz CT molecular complexity index is 1480. The highest BCUT2D eigenvalue weighted by Gasteiger charge is 2.15. The van der Waals surface area contributed by atoms with Crippen LogP contribution in [0.15, 0.2) is 114 Å². The second kappa shape index (κ2) is 13.3. The van der Waals surface area contributed by atoms with Crippen molar-refractivity contribution >= 4 is 46.9 Å². The Balaban J connectivity index is 1.39. The van der Waals surface area contributed by atoms with Gasteiger partial charge in [-0.15, -0.1) is 11.8 Å². The number of benzene rings is 4. The Morgan fingerprint density at radius 3 is 2.13 bits per heavy atom. The number of hydrogen-bond acceptors (Lipinski definition) is 4. The summed E-state index contributed by atoms with van der Waals surface area (Å²) in [6, 6.07) is 31.2. The molecule has 4 aromatic carbocycles. The number of nitrogens with one attached hydrogen (secondary N) is 3. The van der Waals surface area contributed by atoms with Gasteiger partial charge in [-0.1, -0.05) is 60.7 Å². The highest BCUT2D eigenvalue weighted by molar-refractivity contribution is 8.00. The van der Waals surface area contributed by atoms with Crippen molar-refractivity contribution in [3.05, 3.63) is 131 Å². The number of hydrogen-bond donors (Lipinski definition) is 3. The summed E-state index contributed by atoms with van der Waals surface area (Å²) in [5, 5.41) is 8.54. The summed E-state index contributed by atoms with van der Waals surface area (Å²) in [5.74, 6) is -0.652. The van der Waals surface area contributed by atoms with Crippen LogP contribution in [0.4, 0.5) is 11.4 Å². The number of rotatable bonds is 9. The van der Waals surface area contributed by atoms with Crippen molar-refractivity contribution in [1.82, 2.24) is 5.32 Å². The van der Waals surface area contributed by atoms with Crippen LogP contribution < -0.4 is 16.0 Å². The molecule has 0 aliphatic carbocycles. The first kappa shape index (κ1) is 27.4. The highest BCUT2D eigenvalue weighted by Crippen LogP contribution is 2.22. The average molecular weight is 536 g/mol. The van der Waals surface area contributed by atoms with Gasteiger partial charge in [0.1, 0.15) is 5.70 Å². The Morgan fingerprint density at radius 2 is 1.44 bits per heavy atom. The van der Waals surface area contributed by atoms with Crippen molar-refractivity contribution in [2.75, 3.05) is 16.4 Å². The molecule has 0 fully saturated rings. The average Bonchev–Trinajstić information content (AvgIpc) is 2.95. The first-order valence-electron chi connectivity index (χ1n) is 12.4. The summed E-state index contributed by atoms with van der Waals surface area (Å²) in [7, 11) is 0. The largest absolute Gasteiger partial charge is 0.325 e. The van der Waals surface area contributed by atoms with E-state index in [0.29, 0.717) is 11.3 Å². The van der Waals surface area contributed by atoms with Gasteiger partial charge in [0.2, 0.25) is 5.91 Å². The number of thioether (sulfide) groups is 1. The van der Waals surface area contributed by atoms with Gasteiger partial charge in [-0.2, -0.15) is 0 Å². The van der Waals surface area contributed by atoms with Crippen LogP contribution in [0.1, 0.15) is 27.0 Å². The molecule has 3 N–H and O–H groups in total.